The maximum absolute atomic E-state index is 5.49. The third-order valence-electron chi connectivity index (χ3n) is 2.77. The smallest absolute Gasteiger partial charge is 0.319 e. The number of nitrogens with zero attached hydrogens (tertiary/aromatic N) is 3. The van der Waals surface area contributed by atoms with Crippen molar-refractivity contribution in [2.75, 3.05) is 11.2 Å². The van der Waals surface area contributed by atoms with E-state index in [0.717, 1.165) is 11.3 Å². The molecule has 0 radical (unpaired) electrons. The minimum atomic E-state index is 0.00772. The first-order valence-corrected chi connectivity index (χ1v) is 6.36. The second-order valence-corrected chi connectivity index (χ2v) is 4.26. The topological polar surface area (TPSA) is 89.3 Å². The van der Waals surface area contributed by atoms with Gasteiger partial charge in [-0.2, -0.15) is 10.1 Å². The lowest BCUT2D eigenvalue weighted by molar-refractivity contribution is 0.433. The van der Waals surface area contributed by atoms with E-state index >= 15 is 0 Å². The van der Waals surface area contributed by atoms with Gasteiger partial charge in [-0.1, -0.05) is 53.7 Å². The third kappa shape index (κ3) is 3.06. The average Bonchev–Trinajstić information content (AvgIpc) is 2.96. The van der Waals surface area contributed by atoms with Crippen LogP contribution in [-0.4, -0.2) is 15.9 Å². The Bertz CT molecular complexity index is 737. The monoisotopic (exact) mass is 279 g/mol. The normalized spacial score (nSPS) is 11.3. The maximum atomic E-state index is 5.49. The predicted octanol–water partition coefficient (Wildman–Crippen LogP) is 2.52. The van der Waals surface area contributed by atoms with Gasteiger partial charge >= 0.3 is 6.01 Å². The van der Waals surface area contributed by atoms with E-state index in [1.807, 2.05) is 60.7 Å². The van der Waals surface area contributed by atoms with Crippen LogP contribution in [0.4, 0.5) is 11.7 Å². The Kier molecular flexibility index (Phi) is 3.60. The molecular weight excluding hydrogens is 266 g/mol. The Hall–Kier alpha value is -3.15. The van der Waals surface area contributed by atoms with Crippen LogP contribution in [0.2, 0.25) is 0 Å². The van der Waals surface area contributed by atoms with E-state index in [-0.39, 0.29) is 6.01 Å². The number of nitrogens with one attached hydrogen (secondary N) is 1. The molecular formula is C15H13N5O. The van der Waals surface area contributed by atoms with Gasteiger partial charge in [-0.3, -0.25) is 5.43 Å². The fraction of sp³-hybridized carbons (Fsp3) is 0. The summed E-state index contributed by atoms with van der Waals surface area (Å²) in [6, 6.07) is 19.2. The van der Waals surface area contributed by atoms with E-state index in [0.29, 0.717) is 11.5 Å². The highest BCUT2D eigenvalue weighted by Crippen LogP contribution is 2.11. The van der Waals surface area contributed by atoms with Crippen molar-refractivity contribution in [1.82, 2.24) is 10.1 Å². The highest BCUT2D eigenvalue weighted by molar-refractivity contribution is 6.10. The number of nitrogen functional groups attached to an aromatic ring is 1. The number of aromatic nitrogens is 2. The molecule has 0 fully saturated rings. The van der Waals surface area contributed by atoms with Crippen molar-refractivity contribution in [3.8, 4) is 0 Å². The molecule has 104 valence electrons. The minimum Gasteiger partial charge on any atom is -0.351 e. The number of hydrogen-bond acceptors (Lipinski definition) is 6. The van der Waals surface area contributed by atoms with Crippen LogP contribution in [0, 0.1) is 0 Å². The molecule has 1 aromatic heterocycles. The molecule has 0 saturated heterocycles. The first kappa shape index (κ1) is 12.9. The second kappa shape index (κ2) is 5.87. The molecule has 0 spiro atoms. The van der Waals surface area contributed by atoms with E-state index in [4.69, 9.17) is 10.3 Å². The number of para-hydroxylation sites is 1. The zero-order valence-electron chi connectivity index (χ0n) is 11.1. The molecule has 0 aliphatic carbocycles. The largest absolute Gasteiger partial charge is 0.351 e. The summed E-state index contributed by atoms with van der Waals surface area (Å²) in [5.74, 6) is 0.335. The molecule has 0 saturated carbocycles. The Morgan fingerprint density at radius 2 is 1.67 bits per heavy atom. The van der Waals surface area contributed by atoms with Crippen LogP contribution in [-0.2, 0) is 0 Å². The van der Waals surface area contributed by atoms with Gasteiger partial charge in [0.2, 0.25) is 5.82 Å². The summed E-state index contributed by atoms with van der Waals surface area (Å²) in [5.41, 5.74) is 10.7. The number of nitrogens with two attached hydrogens (primary N) is 1. The molecule has 0 amide bonds. The molecule has 6 nitrogen and oxygen atoms in total. The Balaban J connectivity index is 1.96. The van der Waals surface area contributed by atoms with E-state index < -0.39 is 0 Å². The molecule has 0 aliphatic heterocycles. The van der Waals surface area contributed by atoms with Crippen molar-refractivity contribution in [2.24, 2.45) is 5.10 Å². The molecule has 3 N–H and O–H groups in total. The van der Waals surface area contributed by atoms with Gasteiger partial charge < -0.3 is 10.3 Å². The number of rotatable bonds is 4. The van der Waals surface area contributed by atoms with Gasteiger partial charge in [0.1, 0.15) is 5.71 Å². The lowest BCUT2D eigenvalue weighted by atomic mass is 10.1. The fourth-order valence-electron chi connectivity index (χ4n) is 1.80. The van der Waals surface area contributed by atoms with Crippen molar-refractivity contribution in [3.05, 3.63) is 72.1 Å². The van der Waals surface area contributed by atoms with Crippen molar-refractivity contribution >= 4 is 17.4 Å². The Morgan fingerprint density at radius 3 is 2.29 bits per heavy atom. The van der Waals surface area contributed by atoms with Crippen molar-refractivity contribution in [1.29, 1.82) is 0 Å². The summed E-state index contributed by atoms with van der Waals surface area (Å²) in [6.45, 7) is 0. The maximum Gasteiger partial charge on any atom is 0.319 e. The molecule has 0 aliphatic rings. The van der Waals surface area contributed by atoms with Crippen molar-refractivity contribution in [3.63, 3.8) is 0 Å². The Morgan fingerprint density at radius 1 is 1.00 bits per heavy atom. The van der Waals surface area contributed by atoms with E-state index in [9.17, 15) is 0 Å². The zero-order chi connectivity index (χ0) is 14.5. The van der Waals surface area contributed by atoms with Gasteiger partial charge in [-0.25, -0.2) is 0 Å². The Labute approximate surface area is 121 Å². The second-order valence-electron chi connectivity index (χ2n) is 4.26. The summed E-state index contributed by atoms with van der Waals surface area (Å²) in [4.78, 5) is 4.03. The van der Waals surface area contributed by atoms with Crippen molar-refractivity contribution in [2.45, 2.75) is 0 Å². The standard InChI is InChI=1S/C15H13N5O/c16-15-17-14(20-21-15)13(11-7-3-1-4-8-11)19-18-12-9-5-2-6-10-12/h1-10,18H,(H2,16,17,20)/b19-13-. The minimum absolute atomic E-state index is 0.00772. The van der Waals surface area contributed by atoms with Crippen LogP contribution in [0.25, 0.3) is 0 Å². The summed E-state index contributed by atoms with van der Waals surface area (Å²) in [5, 5.41) is 8.20. The molecule has 0 bridgehead atoms. The SMILES string of the molecule is Nc1nc(/C(=N\Nc2ccccc2)c2ccccc2)no1. The first-order chi connectivity index (χ1) is 10.3. The molecule has 2 aromatic carbocycles. The quantitative estimate of drug-likeness (QED) is 0.565. The lowest BCUT2D eigenvalue weighted by Crippen LogP contribution is -2.08. The predicted molar refractivity (Wildman–Crippen MR) is 80.9 cm³/mol. The summed E-state index contributed by atoms with van der Waals surface area (Å²) >= 11 is 0. The van der Waals surface area contributed by atoms with Gasteiger partial charge in [0, 0.05) is 5.56 Å². The van der Waals surface area contributed by atoms with E-state index in [2.05, 4.69) is 20.7 Å². The molecule has 21 heavy (non-hydrogen) atoms. The lowest BCUT2D eigenvalue weighted by Gasteiger charge is -2.04. The molecule has 3 aromatic rings. The van der Waals surface area contributed by atoms with Crippen LogP contribution in [0.5, 0.6) is 0 Å². The highest BCUT2D eigenvalue weighted by Gasteiger charge is 2.13. The number of anilines is 2. The zero-order valence-corrected chi connectivity index (χ0v) is 11.1. The van der Waals surface area contributed by atoms with Gasteiger partial charge in [-0.05, 0) is 12.1 Å². The fourth-order valence-corrected chi connectivity index (χ4v) is 1.80. The molecule has 6 heteroatoms. The van der Waals surface area contributed by atoms with Crippen LogP contribution in [0.3, 0.4) is 0 Å². The number of hydrogen-bond donors (Lipinski definition) is 2. The molecule has 0 atom stereocenters. The van der Waals surface area contributed by atoms with Crippen LogP contribution < -0.4 is 11.2 Å². The summed E-state index contributed by atoms with van der Waals surface area (Å²) in [7, 11) is 0. The molecule has 3 rings (SSSR count). The van der Waals surface area contributed by atoms with Crippen molar-refractivity contribution < 1.29 is 4.52 Å². The van der Waals surface area contributed by atoms with Gasteiger partial charge in [0.25, 0.3) is 0 Å². The van der Waals surface area contributed by atoms with Gasteiger partial charge in [0.05, 0.1) is 5.69 Å². The van der Waals surface area contributed by atoms with Crippen LogP contribution in [0.1, 0.15) is 11.4 Å². The third-order valence-corrected chi connectivity index (χ3v) is 2.77. The molecule has 0 unspecified atom stereocenters. The van der Waals surface area contributed by atoms with Gasteiger partial charge in [-0.15, -0.1) is 0 Å². The average molecular weight is 279 g/mol. The summed E-state index contributed by atoms with van der Waals surface area (Å²) < 4.78 is 4.83. The van der Waals surface area contributed by atoms with E-state index in [1.165, 1.54) is 0 Å². The highest BCUT2D eigenvalue weighted by atomic mass is 16.5. The van der Waals surface area contributed by atoms with Crippen LogP contribution >= 0.6 is 0 Å². The molecule has 1 heterocycles. The van der Waals surface area contributed by atoms with E-state index in [1.54, 1.807) is 0 Å². The summed E-state index contributed by atoms with van der Waals surface area (Å²) in [6.07, 6.45) is 0. The number of benzene rings is 2. The van der Waals surface area contributed by atoms with Gasteiger partial charge in [0.15, 0.2) is 0 Å². The van der Waals surface area contributed by atoms with Crippen LogP contribution in [0.15, 0.2) is 70.3 Å². The number of hydrazone groups is 1. The first-order valence-electron chi connectivity index (χ1n) is 6.36.